The summed E-state index contributed by atoms with van der Waals surface area (Å²) in [5.74, 6) is -0.278. The predicted octanol–water partition coefficient (Wildman–Crippen LogP) is 4.52. The molecule has 0 heterocycles. The summed E-state index contributed by atoms with van der Waals surface area (Å²) in [6.07, 6.45) is 0.228. The van der Waals surface area contributed by atoms with Gasteiger partial charge >= 0.3 is 0 Å². The summed E-state index contributed by atoms with van der Waals surface area (Å²) < 4.78 is 0. The number of anilines is 1. The topological polar surface area (TPSA) is 58.2 Å². The number of rotatable bonds is 5. The fourth-order valence-corrected chi connectivity index (χ4v) is 3.30. The van der Waals surface area contributed by atoms with E-state index in [9.17, 15) is 9.59 Å². The van der Waals surface area contributed by atoms with Gasteiger partial charge in [0, 0.05) is 24.2 Å². The standard InChI is InChI=1S/C23H24N2O2/c1-15-12-16(2)22(17(3)13-15)25-21(26)10-11-24-23(27)20-9-8-18-6-4-5-7-19(18)14-20/h4-9,12-14H,10-11H2,1-3H3,(H,24,27)(H,25,26). The van der Waals surface area contributed by atoms with Crippen molar-refractivity contribution in [2.75, 3.05) is 11.9 Å². The molecule has 3 aromatic rings. The minimum absolute atomic E-state index is 0.108. The number of carbonyl (C=O) groups excluding carboxylic acids is 2. The molecule has 0 saturated carbocycles. The molecule has 3 rings (SSSR count). The number of nitrogens with one attached hydrogen (secondary N) is 2. The van der Waals surface area contributed by atoms with Gasteiger partial charge in [0.2, 0.25) is 5.91 Å². The second-order valence-corrected chi connectivity index (χ2v) is 6.89. The Labute approximate surface area is 159 Å². The first-order chi connectivity index (χ1) is 12.9. The van der Waals surface area contributed by atoms with E-state index in [1.54, 1.807) is 6.07 Å². The summed E-state index contributed by atoms with van der Waals surface area (Å²) in [4.78, 5) is 24.6. The van der Waals surface area contributed by atoms with Crippen LogP contribution in [-0.2, 0) is 4.79 Å². The van der Waals surface area contributed by atoms with E-state index in [4.69, 9.17) is 0 Å². The molecule has 0 aliphatic carbocycles. The molecule has 0 bridgehead atoms. The number of amides is 2. The molecule has 0 fully saturated rings. The van der Waals surface area contributed by atoms with Crippen molar-refractivity contribution in [2.24, 2.45) is 0 Å². The molecule has 0 radical (unpaired) electrons. The zero-order valence-electron chi connectivity index (χ0n) is 15.9. The van der Waals surface area contributed by atoms with Crippen LogP contribution in [-0.4, -0.2) is 18.4 Å². The largest absolute Gasteiger partial charge is 0.352 e. The lowest BCUT2D eigenvalue weighted by Gasteiger charge is -2.13. The van der Waals surface area contributed by atoms with Gasteiger partial charge in [-0.25, -0.2) is 0 Å². The van der Waals surface area contributed by atoms with Crippen LogP contribution in [0.5, 0.6) is 0 Å². The summed E-state index contributed by atoms with van der Waals surface area (Å²) >= 11 is 0. The Hall–Kier alpha value is -3.14. The Balaban J connectivity index is 1.55. The van der Waals surface area contributed by atoms with Crippen LogP contribution in [0.1, 0.15) is 33.5 Å². The van der Waals surface area contributed by atoms with E-state index in [0.29, 0.717) is 12.1 Å². The van der Waals surface area contributed by atoms with E-state index in [0.717, 1.165) is 27.6 Å². The Morgan fingerprint density at radius 1 is 0.852 bits per heavy atom. The number of fused-ring (bicyclic) bond motifs is 1. The first-order valence-electron chi connectivity index (χ1n) is 9.09. The Kier molecular flexibility index (Phi) is 5.55. The number of aryl methyl sites for hydroxylation is 3. The van der Waals surface area contributed by atoms with Crippen molar-refractivity contribution in [3.05, 3.63) is 76.9 Å². The smallest absolute Gasteiger partial charge is 0.251 e. The predicted molar refractivity (Wildman–Crippen MR) is 110 cm³/mol. The fraction of sp³-hybridized carbons (Fsp3) is 0.217. The molecule has 0 unspecified atom stereocenters. The van der Waals surface area contributed by atoms with Crippen LogP contribution in [0.4, 0.5) is 5.69 Å². The third-order valence-corrected chi connectivity index (χ3v) is 4.59. The van der Waals surface area contributed by atoms with Crippen molar-refractivity contribution >= 4 is 28.3 Å². The van der Waals surface area contributed by atoms with Crippen molar-refractivity contribution in [3.8, 4) is 0 Å². The molecule has 27 heavy (non-hydrogen) atoms. The maximum absolute atomic E-state index is 12.3. The van der Waals surface area contributed by atoms with Crippen molar-refractivity contribution in [1.29, 1.82) is 0 Å². The molecule has 2 N–H and O–H groups in total. The molecule has 0 saturated heterocycles. The highest BCUT2D eigenvalue weighted by Gasteiger charge is 2.10. The summed E-state index contributed by atoms with van der Waals surface area (Å²) in [5.41, 5.74) is 4.71. The van der Waals surface area contributed by atoms with Crippen molar-refractivity contribution < 1.29 is 9.59 Å². The van der Waals surface area contributed by atoms with Gasteiger partial charge < -0.3 is 10.6 Å². The summed E-state index contributed by atoms with van der Waals surface area (Å²) in [6.45, 7) is 6.30. The third-order valence-electron chi connectivity index (χ3n) is 4.59. The number of benzene rings is 3. The van der Waals surface area contributed by atoms with Crippen molar-refractivity contribution in [3.63, 3.8) is 0 Å². The summed E-state index contributed by atoms with van der Waals surface area (Å²) in [7, 11) is 0. The molecule has 3 aromatic carbocycles. The Morgan fingerprint density at radius 2 is 1.52 bits per heavy atom. The van der Waals surface area contributed by atoms with Crippen LogP contribution in [0.3, 0.4) is 0 Å². The van der Waals surface area contributed by atoms with Gasteiger partial charge in [-0.1, -0.05) is 48.0 Å². The van der Waals surface area contributed by atoms with Gasteiger partial charge in [-0.15, -0.1) is 0 Å². The van der Waals surface area contributed by atoms with Crippen LogP contribution in [0.15, 0.2) is 54.6 Å². The van der Waals surface area contributed by atoms with Gasteiger partial charge in [0.25, 0.3) is 5.91 Å². The average molecular weight is 360 g/mol. The molecule has 0 spiro atoms. The fourth-order valence-electron chi connectivity index (χ4n) is 3.30. The van der Waals surface area contributed by atoms with Gasteiger partial charge in [0.15, 0.2) is 0 Å². The van der Waals surface area contributed by atoms with E-state index < -0.39 is 0 Å². The Bertz CT molecular complexity index is 985. The monoisotopic (exact) mass is 360 g/mol. The summed E-state index contributed by atoms with van der Waals surface area (Å²) in [6, 6.07) is 17.6. The average Bonchev–Trinajstić information content (AvgIpc) is 2.64. The zero-order chi connectivity index (χ0) is 19.4. The van der Waals surface area contributed by atoms with E-state index in [-0.39, 0.29) is 18.2 Å². The molecule has 0 aliphatic rings. The minimum Gasteiger partial charge on any atom is -0.352 e. The van der Waals surface area contributed by atoms with Gasteiger partial charge in [0.1, 0.15) is 0 Å². The highest BCUT2D eigenvalue weighted by Crippen LogP contribution is 2.22. The van der Waals surface area contributed by atoms with E-state index in [2.05, 4.69) is 10.6 Å². The van der Waals surface area contributed by atoms with Crippen LogP contribution in [0.2, 0.25) is 0 Å². The first kappa shape index (κ1) is 18.6. The molecule has 138 valence electrons. The quantitative estimate of drug-likeness (QED) is 0.703. The molecular formula is C23H24N2O2. The normalized spacial score (nSPS) is 10.6. The molecule has 0 atom stereocenters. The van der Waals surface area contributed by atoms with Crippen LogP contribution in [0.25, 0.3) is 10.8 Å². The highest BCUT2D eigenvalue weighted by molar-refractivity contribution is 5.99. The lowest BCUT2D eigenvalue weighted by atomic mass is 10.0. The van der Waals surface area contributed by atoms with Gasteiger partial charge in [-0.05, 0) is 54.8 Å². The van der Waals surface area contributed by atoms with Gasteiger partial charge in [-0.2, -0.15) is 0 Å². The Morgan fingerprint density at radius 3 is 2.22 bits per heavy atom. The van der Waals surface area contributed by atoms with E-state index in [1.165, 1.54) is 5.56 Å². The highest BCUT2D eigenvalue weighted by atomic mass is 16.2. The summed E-state index contributed by atoms with van der Waals surface area (Å²) in [5, 5.41) is 7.89. The molecule has 4 nitrogen and oxygen atoms in total. The SMILES string of the molecule is Cc1cc(C)c(NC(=O)CCNC(=O)c2ccc3ccccc3c2)c(C)c1. The van der Waals surface area contributed by atoms with E-state index in [1.807, 2.05) is 69.3 Å². The lowest BCUT2D eigenvalue weighted by molar-refractivity contribution is -0.116. The molecule has 0 aliphatic heterocycles. The second-order valence-electron chi connectivity index (χ2n) is 6.89. The lowest BCUT2D eigenvalue weighted by Crippen LogP contribution is -2.27. The number of hydrogen-bond acceptors (Lipinski definition) is 2. The number of hydrogen-bond donors (Lipinski definition) is 2. The van der Waals surface area contributed by atoms with Crippen LogP contribution >= 0.6 is 0 Å². The molecule has 0 aromatic heterocycles. The molecule has 2 amide bonds. The van der Waals surface area contributed by atoms with Gasteiger partial charge in [0.05, 0.1) is 0 Å². The third kappa shape index (κ3) is 4.53. The molecular weight excluding hydrogens is 336 g/mol. The zero-order valence-corrected chi connectivity index (χ0v) is 15.9. The van der Waals surface area contributed by atoms with Crippen molar-refractivity contribution in [1.82, 2.24) is 5.32 Å². The maximum atomic E-state index is 12.3. The van der Waals surface area contributed by atoms with E-state index >= 15 is 0 Å². The minimum atomic E-state index is -0.170. The van der Waals surface area contributed by atoms with Gasteiger partial charge in [-0.3, -0.25) is 9.59 Å². The first-order valence-corrected chi connectivity index (χ1v) is 9.09. The van der Waals surface area contributed by atoms with Crippen LogP contribution in [0, 0.1) is 20.8 Å². The maximum Gasteiger partial charge on any atom is 0.251 e. The van der Waals surface area contributed by atoms with Crippen molar-refractivity contribution in [2.45, 2.75) is 27.2 Å². The molecule has 4 heteroatoms. The second kappa shape index (κ2) is 8.04. The number of carbonyl (C=O) groups is 2. The van der Waals surface area contributed by atoms with Crippen LogP contribution < -0.4 is 10.6 Å².